The molecule has 0 N–H and O–H groups in total. The van der Waals surface area contributed by atoms with Crippen LogP contribution < -0.4 is 4.74 Å². The molecular formula is C13H10FNO3. The maximum absolute atomic E-state index is 12.9. The molecule has 0 aromatic heterocycles. The second-order valence-electron chi connectivity index (χ2n) is 3.65. The monoisotopic (exact) mass is 247 g/mol. The fourth-order valence-electron chi connectivity index (χ4n) is 1.66. The highest BCUT2D eigenvalue weighted by atomic mass is 19.1. The summed E-state index contributed by atoms with van der Waals surface area (Å²) in [5.41, 5.74) is 1.19. The van der Waals surface area contributed by atoms with Crippen molar-refractivity contribution in [2.75, 3.05) is 7.11 Å². The standard InChI is InChI=1S/C13H10FNO3/c1-18-13-7-6-11(15(16)17)8-12(13)9-2-4-10(14)5-3-9/h2-8H,1H3. The summed E-state index contributed by atoms with van der Waals surface area (Å²) in [6.45, 7) is 0. The Morgan fingerprint density at radius 3 is 2.39 bits per heavy atom. The van der Waals surface area contributed by atoms with Crippen LogP contribution in [0.25, 0.3) is 11.1 Å². The molecule has 0 heterocycles. The molecule has 0 saturated heterocycles. The van der Waals surface area contributed by atoms with Crippen LogP contribution in [0, 0.1) is 15.9 Å². The highest BCUT2D eigenvalue weighted by Gasteiger charge is 2.12. The number of benzene rings is 2. The van der Waals surface area contributed by atoms with Gasteiger partial charge < -0.3 is 4.74 Å². The van der Waals surface area contributed by atoms with Gasteiger partial charge >= 0.3 is 0 Å². The van der Waals surface area contributed by atoms with Crippen molar-refractivity contribution in [1.29, 1.82) is 0 Å². The largest absolute Gasteiger partial charge is 0.496 e. The van der Waals surface area contributed by atoms with E-state index in [0.717, 1.165) is 0 Å². The molecule has 4 nitrogen and oxygen atoms in total. The molecule has 0 aliphatic carbocycles. The highest BCUT2D eigenvalue weighted by molar-refractivity contribution is 5.72. The molecule has 0 amide bonds. The van der Waals surface area contributed by atoms with Gasteiger partial charge in [-0.15, -0.1) is 0 Å². The van der Waals surface area contributed by atoms with Gasteiger partial charge in [0.15, 0.2) is 0 Å². The fourth-order valence-corrected chi connectivity index (χ4v) is 1.66. The number of nitro benzene ring substituents is 1. The summed E-state index contributed by atoms with van der Waals surface area (Å²) >= 11 is 0. The summed E-state index contributed by atoms with van der Waals surface area (Å²) in [5, 5.41) is 10.7. The van der Waals surface area contributed by atoms with Crippen molar-refractivity contribution < 1.29 is 14.1 Å². The van der Waals surface area contributed by atoms with Crippen LogP contribution >= 0.6 is 0 Å². The van der Waals surface area contributed by atoms with Crippen LogP contribution in [-0.4, -0.2) is 12.0 Å². The number of hydrogen-bond donors (Lipinski definition) is 0. The van der Waals surface area contributed by atoms with Gasteiger partial charge in [-0.25, -0.2) is 4.39 Å². The molecule has 0 aliphatic rings. The first kappa shape index (κ1) is 12.0. The van der Waals surface area contributed by atoms with Crippen molar-refractivity contribution >= 4 is 5.69 Å². The van der Waals surface area contributed by atoms with Gasteiger partial charge in [0, 0.05) is 17.7 Å². The number of nitro groups is 1. The molecule has 0 aliphatic heterocycles. The molecule has 2 aromatic carbocycles. The summed E-state index contributed by atoms with van der Waals surface area (Å²) in [6, 6.07) is 10.0. The highest BCUT2D eigenvalue weighted by Crippen LogP contribution is 2.33. The van der Waals surface area contributed by atoms with E-state index >= 15 is 0 Å². The topological polar surface area (TPSA) is 52.4 Å². The first-order valence-corrected chi connectivity index (χ1v) is 5.20. The minimum Gasteiger partial charge on any atom is -0.496 e. The number of rotatable bonds is 3. The van der Waals surface area contributed by atoms with Gasteiger partial charge in [0.25, 0.3) is 5.69 Å². The Balaban J connectivity index is 2.56. The zero-order valence-corrected chi connectivity index (χ0v) is 9.59. The van der Waals surface area contributed by atoms with Crippen LogP contribution in [0.5, 0.6) is 5.75 Å². The number of halogens is 1. The maximum atomic E-state index is 12.9. The fraction of sp³-hybridized carbons (Fsp3) is 0.0769. The molecule has 0 unspecified atom stereocenters. The average Bonchev–Trinajstić information content (AvgIpc) is 2.39. The maximum Gasteiger partial charge on any atom is 0.270 e. The third-order valence-electron chi connectivity index (χ3n) is 2.55. The molecule has 0 spiro atoms. The second kappa shape index (κ2) is 4.83. The number of nitrogens with zero attached hydrogens (tertiary/aromatic N) is 1. The SMILES string of the molecule is COc1ccc([N+](=O)[O-])cc1-c1ccc(F)cc1. The zero-order valence-electron chi connectivity index (χ0n) is 9.59. The van der Waals surface area contributed by atoms with Gasteiger partial charge in [0.1, 0.15) is 11.6 Å². The predicted octanol–water partition coefficient (Wildman–Crippen LogP) is 3.41. The van der Waals surface area contributed by atoms with Crippen LogP contribution in [-0.2, 0) is 0 Å². The van der Waals surface area contributed by atoms with Gasteiger partial charge in [-0.05, 0) is 23.8 Å². The minimum atomic E-state index is -0.480. The van der Waals surface area contributed by atoms with E-state index in [-0.39, 0.29) is 11.5 Å². The summed E-state index contributed by atoms with van der Waals surface area (Å²) in [7, 11) is 1.48. The van der Waals surface area contributed by atoms with E-state index in [9.17, 15) is 14.5 Å². The van der Waals surface area contributed by atoms with E-state index < -0.39 is 4.92 Å². The number of non-ortho nitro benzene ring substituents is 1. The van der Waals surface area contributed by atoms with E-state index in [1.807, 2.05) is 0 Å². The van der Waals surface area contributed by atoms with E-state index in [0.29, 0.717) is 16.9 Å². The molecule has 0 fully saturated rings. The smallest absolute Gasteiger partial charge is 0.270 e. The molecule has 2 aromatic rings. The minimum absolute atomic E-state index is 0.0323. The zero-order chi connectivity index (χ0) is 13.1. The number of hydrogen-bond acceptors (Lipinski definition) is 3. The van der Waals surface area contributed by atoms with Crippen LogP contribution in [0.4, 0.5) is 10.1 Å². The van der Waals surface area contributed by atoms with Gasteiger partial charge in [-0.1, -0.05) is 12.1 Å². The summed E-state index contributed by atoms with van der Waals surface area (Å²) in [6.07, 6.45) is 0. The lowest BCUT2D eigenvalue weighted by molar-refractivity contribution is -0.384. The number of ether oxygens (including phenoxy) is 1. The van der Waals surface area contributed by atoms with Gasteiger partial charge in [0.05, 0.1) is 12.0 Å². The molecule has 0 bridgehead atoms. The molecule has 2 rings (SSSR count). The molecule has 92 valence electrons. The first-order valence-electron chi connectivity index (χ1n) is 5.20. The Kier molecular flexibility index (Phi) is 3.23. The first-order chi connectivity index (χ1) is 8.61. The van der Waals surface area contributed by atoms with Crippen LogP contribution in [0.2, 0.25) is 0 Å². The Morgan fingerprint density at radius 1 is 1.17 bits per heavy atom. The predicted molar refractivity (Wildman–Crippen MR) is 65.0 cm³/mol. The van der Waals surface area contributed by atoms with Crippen molar-refractivity contribution in [3.05, 3.63) is 58.4 Å². The van der Waals surface area contributed by atoms with Crippen LogP contribution in [0.1, 0.15) is 0 Å². The van der Waals surface area contributed by atoms with Crippen molar-refractivity contribution in [1.82, 2.24) is 0 Å². The van der Waals surface area contributed by atoms with Crippen LogP contribution in [0.3, 0.4) is 0 Å². The quantitative estimate of drug-likeness (QED) is 0.617. The van der Waals surface area contributed by atoms with Gasteiger partial charge in [0.2, 0.25) is 0 Å². The van der Waals surface area contributed by atoms with E-state index in [1.54, 1.807) is 12.1 Å². The molecule has 0 saturated carbocycles. The van der Waals surface area contributed by atoms with Crippen LogP contribution in [0.15, 0.2) is 42.5 Å². The van der Waals surface area contributed by atoms with Gasteiger partial charge in [-0.3, -0.25) is 10.1 Å². The number of methoxy groups -OCH3 is 1. The Labute approximate surface area is 103 Å². The third kappa shape index (κ3) is 2.29. The Hall–Kier alpha value is -2.43. The molecule has 0 atom stereocenters. The normalized spacial score (nSPS) is 10.1. The van der Waals surface area contributed by atoms with Crippen molar-refractivity contribution in [2.45, 2.75) is 0 Å². The van der Waals surface area contributed by atoms with Gasteiger partial charge in [-0.2, -0.15) is 0 Å². The molecular weight excluding hydrogens is 237 g/mol. The van der Waals surface area contributed by atoms with Crippen molar-refractivity contribution in [2.24, 2.45) is 0 Å². The lowest BCUT2D eigenvalue weighted by atomic mass is 10.0. The van der Waals surface area contributed by atoms with E-state index in [1.165, 1.54) is 37.4 Å². The summed E-state index contributed by atoms with van der Waals surface area (Å²) in [5.74, 6) is 0.148. The van der Waals surface area contributed by atoms with E-state index in [2.05, 4.69) is 0 Å². The average molecular weight is 247 g/mol. The lowest BCUT2D eigenvalue weighted by Gasteiger charge is -2.08. The summed E-state index contributed by atoms with van der Waals surface area (Å²) in [4.78, 5) is 10.3. The molecule has 5 heteroatoms. The molecule has 18 heavy (non-hydrogen) atoms. The summed E-state index contributed by atoms with van der Waals surface area (Å²) < 4.78 is 18.0. The molecule has 0 radical (unpaired) electrons. The van der Waals surface area contributed by atoms with Crippen molar-refractivity contribution in [3.8, 4) is 16.9 Å². The lowest BCUT2D eigenvalue weighted by Crippen LogP contribution is -1.92. The third-order valence-corrected chi connectivity index (χ3v) is 2.55. The van der Waals surface area contributed by atoms with Crippen molar-refractivity contribution in [3.63, 3.8) is 0 Å². The van der Waals surface area contributed by atoms with E-state index in [4.69, 9.17) is 4.74 Å². The Morgan fingerprint density at radius 2 is 1.83 bits per heavy atom. The Bertz CT molecular complexity index is 581. The second-order valence-corrected chi connectivity index (χ2v) is 3.65.